The van der Waals surface area contributed by atoms with Gasteiger partial charge in [-0.05, 0) is 29.3 Å². The average molecular weight is 393 g/mol. The molecule has 0 amide bonds. The van der Waals surface area contributed by atoms with Crippen LogP contribution in [0, 0.1) is 5.21 Å². The summed E-state index contributed by atoms with van der Waals surface area (Å²) in [5.74, 6) is 0. The fourth-order valence-electron chi connectivity index (χ4n) is 2.91. The fourth-order valence-corrected chi connectivity index (χ4v) is 3.10. The Hall–Kier alpha value is -2.91. The molecule has 144 valence electrons. The highest BCUT2D eigenvalue weighted by molar-refractivity contribution is 6.30. The van der Waals surface area contributed by atoms with Crippen molar-refractivity contribution in [3.63, 3.8) is 0 Å². The lowest BCUT2D eigenvalue weighted by Gasteiger charge is -2.11. The first-order chi connectivity index (χ1) is 13.7. The normalized spacial score (nSPS) is 9.75. The summed E-state index contributed by atoms with van der Waals surface area (Å²) in [7, 11) is 0. The number of nitrogens with zero attached hydrogens (tertiary/aromatic N) is 2. The minimum absolute atomic E-state index is 0.365. The van der Waals surface area contributed by atoms with Gasteiger partial charge in [0.05, 0.1) is 0 Å². The molecule has 28 heavy (non-hydrogen) atoms. The molecule has 0 aliphatic rings. The first-order valence-electron chi connectivity index (χ1n) is 9.57. The van der Waals surface area contributed by atoms with Crippen molar-refractivity contribution in [2.45, 2.75) is 27.7 Å². The molecule has 0 aliphatic carbocycles. The van der Waals surface area contributed by atoms with Crippen molar-refractivity contribution in [3.8, 4) is 22.4 Å². The quantitative estimate of drug-likeness (QED) is 0.211. The van der Waals surface area contributed by atoms with E-state index >= 15 is 0 Å². The van der Waals surface area contributed by atoms with Gasteiger partial charge in [0, 0.05) is 17.0 Å². The molecule has 2 aromatic carbocycles. The zero-order valence-corrected chi connectivity index (χ0v) is 17.4. The van der Waals surface area contributed by atoms with E-state index in [1.807, 2.05) is 94.4 Å². The third-order valence-electron chi connectivity index (χ3n) is 3.98. The van der Waals surface area contributed by atoms with E-state index < -0.39 is 0 Å². The van der Waals surface area contributed by atoms with Gasteiger partial charge in [-0.1, -0.05) is 87.8 Å². The summed E-state index contributed by atoms with van der Waals surface area (Å²) in [6, 6.07) is 23.1. The van der Waals surface area contributed by atoms with Gasteiger partial charge in [0.15, 0.2) is 6.20 Å². The molecular formula is C24H25ClN2O. The van der Waals surface area contributed by atoms with E-state index in [-0.39, 0.29) is 0 Å². The molecule has 4 aromatic rings. The Morgan fingerprint density at radius 2 is 1.32 bits per heavy atom. The number of fused-ring (bicyclic) bond motifs is 1. The maximum Gasteiger partial charge on any atom is 0.250 e. The summed E-state index contributed by atoms with van der Waals surface area (Å²) in [5, 5.41) is 13.7. The van der Waals surface area contributed by atoms with Crippen molar-refractivity contribution in [1.82, 2.24) is 4.98 Å². The highest BCUT2D eigenvalue weighted by Gasteiger charge is 2.18. The van der Waals surface area contributed by atoms with Gasteiger partial charge < -0.3 is 5.21 Å². The van der Waals surface area contributed by atoms with Crippen LogP contribution in [0.1, 0.15) is 27.7 Å². The lowest BCUT2D eigenvalue weighted by atomic mass is 10.00. The molecule has 0 fully saturated rings. The van der Waals surface area contributed by atoms with Crippen molar-refractivity contribution in [1.29, 1.82) is 0 Å². The first-order valence-corrected chi connectivity index (χ1v) is 9.95. The topological polar surface area (TPSA) is 39.8 Å². The Bertz CT molecular complexity index is 1020. The highest BCUT2D eigenvalue weighted by atomic mass is 35.5. The van der Waals surface area contributed by atoms with Crippen molar-refractivity contribution in [3.05, 3.63) is 89.4 Å². The lowest BCUT2D eigenvalue weighted by molar-refractivity contribution is -0.592. The summed E-state index contributed by atoms with van der Waals surface area (Å²) < 4.78 is 0.843. The van der Waals surface area contributed by atoms with Crippen LogP contribution in [0.15, 0.2) is 79.0 Å². The van der Waals surface area contributed by atoms with Gasteiger partial charge in [-0.15, -0.1) is 0 Å². The van der Waals surface area contributed by atoms with Crippen LogP contribution in [-0.2, 0) is 0 Å². The second-order valence-corrected chi connectivity index (χ2v) is 5.86. The first kappa shape index (κ1) is 21.4. The average Bonchev–Trinajstić information content (AvgIpc) is 2.77. The molecule has 2 heterocycles. The standard InChI is InChI=1S/C20H13ClN2O.2C2H6/c21-18-13-17(14-7-3-1-4-8-14)16-11-12-23(24)20(19(16)22-18)15-9-5-2-6-10-15;2*1-2/h1-13H;2*1-2H3. The zero-order valence-electron chi connectivity index (χ0n) is 16.7. The second-order valence-electron chi connectivity index (χ2n) is 5.48. The van der Waals surface area contributed by atoms with E-state index in [4.69, 9.17) is 11.6 Å². The Kier molecular flexibility index (Phi) is 7.97. The molecule has 2 aromatic heterocycles. The summed E-state index contributed by atoms with van der Waals surface area (Å²) in [4.78, 5) is 4.44. The minimum atomic E-state index is 0.365. The van der Waals surface area contributed by atoms with Gasteiger partial charge in [-0.2, -0.15) is 4.73 Å². The monoisotopic (exact) mass is 392 g/mol. The maximum atomic E-state index is 12.4. The van der Waals surface area contributed by atoms with E-state index in [9.17, 15) is 5.21 Å². The number of rotatable bonds is 2. The third kappa shape index (κ3) is 4.49. The minimum Gasteiger partial charge on any atom is -0.618 e. The molecule has 0 bridgehead atoms. The van der Waals surface area contributed by atoms with E-state index in [1.54, 1.807) is 6.07 Å². The Labute approximate surface area is 171 Å². The largest absolute Gasteiger partial charge is 0.618 e. The van der Waals surface area contributed by atoms with Crippen LogP contribution in [0.25, 0.3) is 33.3 Å². The van der Waals surface area contributed by atoms with Crippen molar-refractivity contribution < 1.29 is 4.73 Å². The third-order valence-corrected chi connectivity index (χ3v) is 4.17. The predicted molar refractivity (Wildman–Crippen MR) is 119 cm³/mol. The summed E-state index contributed by atoms with van der Waals surface area (Å²) in [6.07, 6.45) is 1.52. The van der Waals surface area contributed by atoms with Crippen molar-refractivity contribution in [2.75, 3.05) is 0 Å². The number of pyridine rings is 2. The molecule has 0 saturated carbocycles. The zero-order chi connectivity index (χ0) is 20.5. The van der Waals surface area contributed by atoms with Crippen molar-refractivity contribution in [2.24, 2.45) is 0 Å². The molecule has 0 aliphatic heterocycles. The number of hydrogen-bond donors (Lipinski definition) is 0. The van der Waals surface area contributed by atoms with Gasteiger partial charge in [-0.3, -0.25) is 0 Å². The highest BCUT2D eigenvalue weighted by Crippen LogP contribution is 2.33. The lowest BCUT2D eigenvalue weighted by Crippen LogP contribution is -2.28. The van der Waals surface area contributed by atoms with Gasteiger partial charge in [0.1, 0.15) is 10.7 Å². The van der Waals surface area contributed by atoms with E-state index in [2.05, 4.69) is 4.98 Å². The summed E-state index contributed by atoms with van der Waals surface area (Å²) in [5.41, 5.74) is 3.92. The molecule has 0 atom stereocenters. The van der Waals surface area contributed by atoms with E-state index in [0.29, 0.717) is 16.4 Å². The smallest absolute Gasteiger partial charge is 0.250 e. The van der Waals surface area contributed by atoms with E-state index in [0.717, 1.165) is 26.8 Å². The number of benzene rings is 2. The molecule has 0 N–H and O–H groups in total. The fraction of sp³-hybridized carbons (Fsp3) is 0.167. The summed E-state index contributed by atoms with van der Waals surface area (Å²) in [6.45, 7) is 8.00. The molecular weight excluding hydrogens is 368 g/mol. The van der Waals surface area contributed by atoms with E-state index in [1.165, 1.54) is 6.20 Å². The number of halogens is 1. The Morgan fingerprint density at radius 3 is 1.89 bits per heavy atom. The molecule has 4 heteroatoms. The Balaban J connectivity index is 0.000000660. The molecule has 0 spiro atoms. The molecule has 0 radical (unpaired) electrons. The van der Waals surface area contributed by atoms with Crippen LogP contribution in [0.4, 0.5) is 0 Å². The van der Waals surface area contributed by atoms with Gasteiger partial charge in [0.25, 0.3) is 0 Å². The van der Waals surface area contributed by atoms with Crippen LogP contribution in [0.2, 0.25) is 5.15 Å². The molecule has 0 saturated heterocycles. The van der Waals surface area contributed by atoms with Gasteiger partial charge >= 0.3 is 0 Å². The van der Waals surface area contributed by atoms with Crippen LogP contribution in [-0.4, -0.2) is 4.98 Å². The number of hydrogen-bond acceptors (Lipinski definition) is 2. The predicted octanol–water partition coefficient (Wildman–Crippen LogP) is 6.91. The van der Waals surface area contributed by atoms with Crippen LogP contribution in [0.3, 0.4) is 0 Å². The molecule has 3 nitrogen and oxygen atoms in total. The van der Waals surface area contributed by atoms with Gasteiger partial charge in [-0.25, -0.2) is 4.98 Å². The van der Waals surface area contributed by atoms with Crippen LogP contribution >= 0.6 is 11.6 Å². The molecule has 4 rings (SSSR count). The Morgan fingerprint density at radius 1 is 0.786 bits per heavy atom. The van der Waals surface area contributed by atoms with Crippen LogP contribution in [0.5, 0.6) is 0 Å². The van der Waals surface area contributed by atoms with Crippen molar-refractivity contribution >= 4 is 22.5 Å². The summed E-state index contributed by atoms with van der Waals surface area (Å²) >= 11 is 6.26. The number of aromatic nitrogens is 2. The second kappa shape index (κ2) is 10.4. The van der Waals surface area contributed by atoms with Gasteiger partial charge in [0.2, 0.25) is 5.69 Å². The maximum absolute atomic E-state index is 12.4. The SMILES string of the molecule is CC.CC.[O-][n+]1ccc2c(-c3ccccc3)cc(Cl)nc2c1-c1ccccc1. The molecule has 0 unspecified atom stereocenters. The van der Waals surface area contributed by atoms with Crippen LogP contribution < -0.4 is 4.73 Å².